The molecule has 6 nitrogen and oxygen atoms in total. The molecule has 0 aliphatic carbocycles. The Balaban J connectivity index is 0.000000202. The first-order valence-corrected chi connectivity index (χ1v) is 6.81. The number of aliphatic hydroxyl groups is 3. The number of hydrogen-bond acceptors (Lipinski definition) is 5. The van der Waals surface area contributed by atoms with Crippen LogP contribution in [0.15, 0.2) is 24.7 Å². The van der Waals surface area contributed by atoms with E-state index in [1.165, 1.54) is 0 Å². The highest BCUT2D eigenvalue weighted by Gasteiger charge is 2.44. The van der Waals surface area contributed by atoms with Gasteiger partial charge in [-0.25, -0.2) is 9.97 Å². The predicted molar refractivity (Wildman–Crippen MR) is 76.6 cm³/mol. The summed E-state index contributed by atoms with van der Waals surface area (Å²) in [4.78, 5) is 10.9. The maximum Gasteiger partial charge on any atom is 0.281 e. The van der Waals surface area contributed by atoms with Crippen molar-refractivity contribution >= 4 is 11.2 Å². The van der Waals surface area contributed by atoms with Gasteiger partial charge in [-0.05, 0) is 31.4 Å². The van der Waals surface area contributed by atoms with Crippen molar-refractivity contribution in [2.45, 2.75) is 46.0 Å². The molecular formula is C14H23N3O3. The monoisotopic (exact) mass is 281 g/mol. The van der Waals surface area contributed by atoms with Crippen LogP contribution < -0.4 is 0 Å². The smallest absolute Gasteiger partial charge is 0.281 e. The van der Waals surface area contributed by atoms with Crippen molar-refractivity contribution in [2.24, 2.45) is 5.41 Å². The van der Waals surface area contributed by atoms with Crippen LogP contribution in [0, 0.1) is 5.41 Å². The molecule has 0 bridgehead atoms. The minimum absolute atomic E-state index is 0.559. The molecule has 0 aliphatic heterocycles. The van der Waals surface area contributed by atoms with Crippen LogP contribution in [-0.2, 0) is 0 Å². The van der Waals surface area contributed by atoms with E-state index in [4.69, 9.17) is 15.3 Å². The van der Waals surface area contributed by atoms with Gasteiger partial charge in [-0.2, -0.15) is 0 Å². The van der Waals surface area contributed by atoms with E-state index in [1.54, 1.807) is 12.5 Å². The summed E-state index contributed by atoms with van der Waals surface area (Å²) >= 11 is 0. The summed E-state index contributed by atoms with van der Waals surface area (Å²) in [5.74, 6) is -2.54. The maximum atomic E-state index is 9.04. The second kappa shape index (κ2) is 6.78. The average molecular weight is 281 g/mol. The van der Waals surface area contributed by atoms with Gasteiger partial charge < -0.3 is 20.3 Å². The molecule has 6 heteroatoms. The van der Waals surface area contributed by atoms with Crippen LogP contribution in [-0.4, -0.2) is 36.2 Å². The lowest BCUT2D eigenvalue weighted by Crippen LogP contribution is -2.47. The Hall–Kier alpha value is -1.50. The average Bonchev–Trinajstić information content (AvgIpc) is 2.89. The van der Waals surface area contributed by atoms with Crippen LogP contribution in [0.2, 0.25) is 0 Å². The fraction of sp³-hybridized carbons (Fsp3) is 0.571. The van der Waals surface area contributed by atoms with Gasteiger partial charge in [0.1, 0.15) is 5.52 Å². The molecule has 0 spiro atoms. The van der Waals surface area contributed by atoms with Gasteiger partial charge >= 0.3 is 0 Å². The normalized spacial score (nSPS) is 12.1. The van der Waals surface area contributed by atoms with Gasteiger partial charge in [0.25, 0.3) is 5.97 Å². The van der Waals surface area contributed by atoms with E-state index in [2.05, 4.69) is 15.0 Å². The van der Waals surface area contributed by atoms with Crippen LogP contribution in [0.3, 0.4) is 0 Å². The fourth-order valence-corrected chi connectivity index (χ4v) is 2.24. The van der Waals surface area contributed by atoms with Crippen molar-refractivity contribution in [1.82, 2.24) is 15.0 Å². The van der Waals surface area contributed by atoms with Gasteiger partial charge in [-0.1, -0.05) is 20.8 Å². The number of aromatic nitrogens is 3. The van der Waals surface area contributed by atoms with Crippen molar-refractivity contribution in [1.29, 1.82) is 0 Å². The van der Waals surface area contributed by atoms with Gasteiger partial charge in [0.05, 0.1) is 11.7 Å². The summed E-state index contributed by atoms with van der Waals surface area (Å²) < 4.78 is 0. The number of nitrogens with zero attached hydrogens (tertiary/aromatic N) is 2. The number of fused-ring (bicyclic) bond motifs is 1. The Kier molecular flexibility index (Phi) is 5.62. The first-order valence-electron chi connectivity index (χ1n) is 6.81. The molecule has 112 valence electrons. The molecule has 2 rings (SSSR count). The Morgan fingerprint density at radius 2 is 1.65 bits per heavy atom. The number of hydrogen-bond donors (Lipinski definition) is 4. The molecule has 0 aliphatic rings. The van der Waals surface area contributed by atoms with Gasteiger partial charge in [0.2, 0.25) is 0 Å². The molecule has 0 amide bonds. The first kappa shape index (κ1) is 16.6. The summed E-state index contributed by atoms with van der Waals surface area (Å²) in [6.45, 7) is 5.51. The topological polar surface area (TPSA) is 102 Å². The maximum absolute atomic E-state index is 9.04. The van der Waals surface area contributed by atoms with Gasteiger partial charge in [0.15, 0.2) is 5.65 Å². The van der Waals surface area contributed by atoms with Crippen molar-refractivity contribution in [3.63, 3.8) is 0 Å². The third kappa shape index (κ3) is 3.53. The molecular weight excluding hydrogens is 258 g/mol. The molecule has 4 N–H and O–H groups in total. The summed E-state index contributed by atoms with van der Waals surface area (Å²) in [5, 5.41) is 27.1. The molecule has 0 unspecified atom stereocenters. The number of H-pyrrole nitrogens is 1. The fourth-order valence-electron chi connectivity index (χ4n) is 2.24. The summed E-state index contributed by atoms with van der Waals surface area (Å²) in [7, 11) is 0. The second-order valence-electron chi connectivity index (χ2n) is 4.75. The molecule has 0 saturated heterocycles. The lowest BCUT2D eigenvalue weighted by molar-refractivity contribution is -0.377. The third-order valence-electron chi connectivity index (χ3n) is 3.93. The zero-order chi connectivity index (χ0) is 15.2. The standard InChI is InChI=1S/C8H18O3.C6H5N3/c1-4-7(5-2,6-3)8(9,10)11;1-2-5-6(7-3-1)9-4-8-5/h9-11H,4-6H2,1-3H3;1-4H,(H,7,8,9). The first-order chi connectivity index (χ1) is 9.40. The lowest BCUT2D eigenvalue weighted by atomic mass is 9.77. The van der Waals surface area contributed by atoms with Gasteiger partial charge in [-0.3, -0.25) is 0 Å². The van der Waals surface area contributed by atoms with Crippen molar-refractivity contribution in [2.75, 3.05) is 0 Å². The van der Waals surface area contributed by atoms with E-state index < -0.39 is 11.4 Å². The molecule has 0 saturated carbocycles. The Morgan fingerprint density at radius 1 is 1.05 bits per heavy atom. The van der Waals surface area contributed by atoms with Crippen LogP contribution >= 0.6 is 0 Å². The number of nitrogens with one attached hydrogen (secondary N) is 1. The van der Waals surface area contributed by atoms with E-state index in [0.717, 1.165) is 11.2 Å². The summed E-state index contributed by atoms with van der Waals surface area (Å²) in [6.07, 6.45) is 5.05. The summed E-state index contributed by atoms with van der Waals surface area (Å²) in [6, 6.07) is 3.78. The second-order valence-corrected chi connectivity index (χ2v) is 4.75. The van der Waals surface area contributed by atoms with E-state index in [0.29, 0.717) is 19.3 Å². The van der Waals surface area contributed by atoms with Crippen molar-refractivity contribution < 1.29 is 15.3 Å². The zero-order valence-electron chi connectivity index (χ0n) is 12.2. The molecule has 2 aromatic heterocycles. The molecule has 0 aromatic carbocycles. The van der Waals surface area contributed by atoms with E-state index >= 15 is 0 Å². The van der Waals surface area contributed by atoms with Crippen LogP contribution in [0.4, 0.5) is 0 Å². The molecule has 2 aromatic rings. The van der Waals surface area contributed by atoms with Crippen molar-refractivity contribution in [3.05, 3.63) is 24.7 Å². The van der Waals surface area contributed by atoms with E-state index in [1.807, 2.05) is 32.9 Å². The number of imidazole rings is 1. The number of rotatable bonds is 4. The van der Waals surface area contributed by atoms with E-state index in [9.17, 15) is 0 Å². The Bertz CT molecular complexity index is 477. The highest BCUT2D eigenvalue weighted by molar-refractivity contribution is 5.68. The molecule has 0 atom stereocenters. The zero-order valence-corrected chi connectivity index (χ0v) is 12.2. The lowest BCUT2D eigenvalue weighted by Gasteiger charge is -2.37. The number of aromatic amines is 1. The minimum atomic E-state index is -2.54. The molecule has 2 heterocycles. The number of pyridine rings is 1. The molecule has 0 radical (unpaired) electrons. The van der Waals surface area contributed by atoms with Crippen LogP contribution in [0.25, 0.3) is 11.2 Å². The third-order valence-corrected chi connectivity index (χ3v) is 3.93. The van der Waals surface area contributed by atoms with Gasteiger partial charge in [-0.15, -0.1) is 0 Å². The predicted octanol–water partition coefficient (Wildman–Crippen LogP) is 1.79. The molecule has 0 fully saturated rings. The summed E-state index contributed by atoms with van der Waals surface area (Å²) in [5.41, 5.74) is 0.988. The SMILES string of the molecule is CCC(CC)(CC)C(O)(O)O.c1cnc2[nH]cnc2c1. The van der Waals surface area contributed by atoms with Crippen LogP contribution in [0.5, 0.6) is 0 Å². The highest BCUT2D eigenvalue weighted by Crippen LogP contribution is 2.38. The Morgan fingerprint density at radius 3 is 2.05 bits per heavy atom. The Labute approximate surface area is 118 Å². The quantitative estimate of drug-likeness (QED) is 0.640. The minimum Gasteiger partial charge on any atom is -0.343 e. The largest absolute Gasteiger partial charge is 0.343 e. The van der Waals surface area contributed by atoms with E-state index in [-0.39, 0.29) is 0 Å². The van der Waals surface area contributed by atoms with Crippen LogP contribution in [0.1, 0.15) is 40.0 Å². The van der Waals surface area contributed by atoms with Gasteiger partial charge in [0, 0.05) is 6.20 Å². The highest BCUT2D eigenvalue weighted by atomic mass is 16.7. The van der Waals surface area contributed by atoms with Crippen molar-refractivity contribution in [3.8, 4) is 0 Å². The molecule has 20 heavy (non-hydrogen) atoms.